The van der Waals surface area contributed by atoms with Crippen LogP contribution < -0.4 is 0 Å². The first-order valence-electron chi connectivity index (χ1n) is 13.1. The van der Waals surface area contributed by atoms with E-state index in [2.05, 4.69) is 0 Å². The molecule has 0 aliphatic heterocycles. The lowest BCUT2D eigenvalue weighted by molar-refractivity contribution is -0.575. The molecule has 0 heterocycles. The second-order valence-corrected chi connectivity index (χ2v) is 12.3. The average molecular weight is 1010 g/mol. The van der Waals surface area contributed by atoms with Crippen LogP contribution in [0.25, 0.3) is 0 Å². The molecule has 40 heteroatoms. The summed E-state index contributed by atoms with van der Waals surface area (Å²) in [7, 11) is 0. The van der Waals surface area contributed by atoms with Gasteiger partial charge in [-0.2, -0.15) is 171 Å². The maximum Gasteiger partial charge on any atom is 0.410 e. The number of hydrogen-bond acceptors (Lipinski definition) is 0. The second-order valence-electron chi connectivity index (χ2n) is 12.3. The monoisotopic (exact) mass is 1010 g/mol. The van der Waals surface area contributed by atoms with Crippen molar-refractivity contribution >= 4 is 0 Å². The quantitative estimate of drug-likeness (QED) is 0.230. The predicted molar refractivity (Wildman–Crippen MR) is 101 cm³/mol. The second kappa shape index (κ2) is 11.9. The summed E-state index contributed by atoms with van der Waals surface area (Å²) in [5, 5.41) is 0. The molecule has 0 N–H and O–H groups in total. The average Bonchev–Trinajstić information content (AvgIpc) is 2.98. The number of halogens is 40. The molecule has 2 aliphatic rings. The third-order valence-corrected chi connectivity index (χ3v) is 9.29. The fraction of sp³-hybridized carbons (Fsp3) is 1.00. The number of alkyl halides is 40. The first kappa shape index (κ1) is 54.3. The Morgan fingerprint density at radius 1 is 0.164 bits per heavy atom. The number of hydrogen-bond donors (Lipinski definition) is 0. The molecule has 2 aliphatic carbocycles. The molecule has 0 radical (unpaired) electrons. The van der Waals surface area contributed by atoms with Crippen molar-refractivity contribution in [3.05, 3.63) is 0 Å². The van der Waals surface area contributed by atoms with Gasteiger partial charge in [0.2, 0.25) is 5.41 Å². The van der Waals surface area contributed by atoms with Crippen molar-refractivity contribution in [2.45, 2.75) is 113 Å². The third-order valence-electron chi connectivity index (χ3n) is 9.29. The van der Waals surface area contributed by atoms with Crippen LogP contribution in [0.4, 0.5) is 176 Å². The SMILES string of the molecule is FC(F)(F)C1(C(F)(F)F)C(F)(F)C(F)(F)C(F)(F)C(F)(F)C(F)(F)C(F)(F)C(F)(F)C1(C(F)(F)F)C1(F)C(F)(F)C(F)(F)C(F)(F)C(F)(F)C(F)(F)C(F)(F)C(F)(F)C1(F)F. The third kappa shape index (κ3) is 4.57. The van der Waals surface area contributed by atoms with E-state index in [1.165, 1.54) is 0 Å². The molecular weight excluding hydrogens is 1010 g/mol. The van der Waals surface area contributed by atoms with Crippen molar-refractivity contribution < 1.29 is 176 Å². The molecule has 2 saturated carbocycles. The van der Waals surface area contributed by atoms with Crippen LogP contribution in [0.5, 0.6) is 0 Å². The van der Waals surface area contributed by atoms with Crippen molar-refractivity contribution in [3.8, 4) is 0 Å². The zero-order chi connectivity index (χ0) is 50.5. The molecule has 0 spiro atoms. The summed E-state index contributed by atoms with van der Waals surface area (Å²) < 4.78 is 588. The largest absolute Gasteiger partial charge is 0.410 e. The maximum absolute atomic E-state index is 16.7. The van der Waals surface area contributed by atoms with Gasteiger partial charge in [-0.3, -0.25) is 0 Å². The first-order valence-corrected chi connectivity index (χ1v) is 13.1. The first-order chi connectivity index (χ1) is 25.5. The fourth-order valence-corrected chi connectivity index (χ4v) is 6.21. The maximum atomic E-state index is 16.7. The zero-order valence-electron chi connectivity index (χ0n) is 25.6. The summed E-state index contributed by atoms with van der Waals surface area (Å²) in [5.41, 5.74) is -39.2. The minimum Gasteiger partial charge on any atom is -0.229 e. The topological polar surface area (TPSA) is 0 Å². The Morgan fingerprint density at radius 3 is 0.475 bits per heavy atom. The van der Waals surface area contributed by atoms with Crippen molar-refractivity contribution in [1.82, 2.24) is 0 Å². The molecule has 61 heavy (non-hydrogen) atoms. The molecule has 2 fully saturated rings. The van der Waals surface area contributed by atoms with Gasteiger partial charge in [0.1, 0.15) is 0 Å². The molecule has 0 amide bonds. The highest BCUT2D eigenvalue weighted by Gasteiger charge is 3.18. The van der Waals surface area contributed by atoms with E-state index in [0.717, 1.165) is 0 Å². The van der Waals surface area contributed by atoms with Crippen molar-refractivity contribution in [2.75, 3.05) is 0 Å². The van der Waals surface area contributed by atoms with E-state index >= 15 is 39.5 Å². The summed E-state index contributed by atoms with van der Waals surface area (Å²) >= 11 is 0. The minimum absolute atomic E-state index is 10.3. The van der Waals surface area contributed by atoms with Gasteiger partial charge in [0.25, 0.3) is 11.1 Å². The van der Waals surface area contributed by atoms with E-state index in [1.807, 2.05) is 0 Å². The normalized spacial score (nSPS) is 34.2. The van der Waals surface area contributed by atoms with Gasteiger partial charge in [-0.05, 0) is 0 Å². The van der Waals surface area contributed by atoms with Gasteiger partial charge in [0, 0.05) is 0 Å². The van der Waals surface area contributed by atoms with Gasteiger partial charge in [0.05, 0.1) is 0 Å². The molecule has 0 bridgehead atoms. The van der Waals surface area contributed by atoms with E-state index in [1.54, 1.807) is 0 Å². The molecule has 0 aromatic heterocycles. The Bertz CT molecular complexity index is 1660. The van der Waals surface area contributed by atoms with E-state index in [-0.39, 0.29) is 0 Å². The lowest BCUT2D eigenvalue weighted by Crippen LogP contribution is -2.93. The van der Waals surface area contributed by atoms with Crippen LogP contribution in [-0.4, -0.2) is 113 Å². The molecule has 0 saturated heterocycles. The lowest BCUT2D eigenvalue weighted by Gasteiger charge is -2.64. The van der Waals surface area contributed by atoms with Crippen LogP contribution in [0.3, 0.4) is 0 Å². The molecule has 2 rings (SSSR count). The molecule has 0 aromatic rings. The fourth-order valence-electron chi connectivity index (χ4n) is 6.21. The highest BCUT2D eigenvalue weighted by atomic mass is 19.4. The van der Waals surface area contributed by atoms with E-state index in [9.17, 15) is 136 Å². The van der Waals surface area contributed by atoms with Gasteiger partial charge >= 0.3 is 107 Å². The molecule has 1 atom stereocenters. The van der Waals surface area contributed by atoms with Crippen molar-refractivity contribution in [2.24, 2.45) is 10.8 Å². The van der Waals surface area contributed by atoms with Crippen molar-refractivity contribution in [3.63, 3.8) is 0 Å². The van der Waals surface area contributed by atoms with E-state index in [4.69, 9.17) is 0 Å². The molecule has 0 aromatic carbocycles. The molecule has 0 nitrogen and oxygen atoms in total. The molecule has 1 unspecified atom stereocenters. The van der Waals surface area contributed by atoms with Gasteiger partial charge < -0.3 is 0 Å². The Morgan fingerprint density at radius 2 is 0.311 bits per heavy atom. The van der Waals surface area contributed by atoms with Gasteiger partial charge in [-0.25, -0.2) is 4.39 Å². The minimum atomic E-state index is -13.4. The summed E-state index contributed by atoms with van der Waals surface area (Å²) in [6.07, 6.45) is -34.8. The van der Waals surface area contributed by atoms with E-state index in [0.29, 0.717) is 0 Å². The summed E-state index contributed by atoms with van der Waals surface area (Å²) in [5.74, 6) is -168. The Balaban J connectivity index is 4.36. The van der Waals surface area contributed by atoms with Gasteiger partial charge in [-0.15, -0.1) is 0 Å². The summed E-state index contributed by atoms with van der Waals surface area (Å²) in [4.78, 5) is 0. The predicted octanol–water partition coefficient (Wildman–Crippen LogP) is 12.9. The van der Waals surface area contributed by atoms with Crippen molar-refractivity contribution in [1.29, 1.82) is 0 Å². The Labute approximate surface area is 301 Å². The van der Waals surface area contributed by atoms with Crippen LogP contribution in [0.2, 0.25) is 0 Å². The van der Waals surface area contributed by atoms with E-state index < -0.39 is 124 Å². The van der Waals surface area contributed by atoms with Crippen LogP contribution in [0.15, 0.2) is 0 Å². The Kier molecular flexibility index (Phi) is 10.6. The molecular formula is C21F40. The van der Waals surface area contributed by atoms with Crippen LogP contribution >= 0.6 is 0 Å². The highest BCUT2D eigenvalue weighted by molar-refractivity contribution is 5.41. The van der Waals surface area contributed by atoms with Gasteiger partial charge in [-0.1, -0.05) is 0 Å². The summed E-state index contributed by atoms with van der Waals surface area (Å²) in [6, 6.07) is 0. The lowest BCUT2D eigenvalue weighted by atomic mass is 9.44. The van der Waals surface area contributed by atoms with Crippen LogP contribution in [0.1, 0.15) is 0 Å². The highest BCUT2D eigenvalue weighted by Crippen LogP contribution is 2.88. The smallest absolute Gasteiger partial charge is 0.229 e. The zero-order valence-corrected chi connectivity index (χ0v) is 25.6. The van der Waals surface area contributed by atoms with Crippen LogP contribution in [-0.2, 0) is 0 Å². The van der Waals surface area contributed by atoms with Gasteiger partial charge in [0.15, 0.2) is 0 Å². The molecule has 364 valence electrons. The standard InChI is InChI=1S/C21F40/c22-3(6(27,28)10(35,36)14(43,44)17(49,50)18(51,52)15(45,46)11(37,38)7(3,29)30)1(19(53,54)55)2(20(56,57)58,21(59,60)61)5(25,26)9(33,34)13(41,42)16(47,48)12(39,40)8(31,32)4(1,23)24. The Hall–Kier alpha value is -2.80. The summed E-state index contributed by atoms with van der Waals surface area (Å²) in [6.45, 7) is 0. The number of rotatable bonds is 1. The van der Waals surface area contributed by atoms with Crippen LogP contribution in [0, 0.1) is 10.8 Å².